The van der Waals surface area contributed by atoms with E-state index < -0.39 is 11.7 Å². The van der Waals surface area contributed by atoms with Gasteiger partial charge in [-0.25, -0.2) is 4.39 Å². The number of carbonyl (C=O) groups is 2. The molecule has 0 aromatic heterocycles. The number of carbonyl (C=O) groups excluding carboxylic acids is 2. The van der Waals surface area contributed by atoms with E-state index in [-0.39, 0.29) is 23.1 Å². The Hall–Kier alpha value is -2.11. The maximum atomic E-state index is 13.6. The summed E-state index contributed by atoms with van der Waals surface area (Å²) >= 11 is 0. The van der Waals surface area contributed by atoms with Crippen LogP contribution in [0.3, 0.4) is 0 Å². The van der Waals surface area contributed by atoms with Crippen molar-refractivity contribution < 1.29 is 19.1 Å². The summed E-state index contributed by atoms with van der Waals surface area (Å²) in [5.41, 5.74) is -0.300. The molecule has 2 amide bonds. The van der Waals surface area contributed by atoms with Crippen molar-refractivity contribution in [2.45, 2.75) is 12.8 Å². The monoisotopic (exact) mass is 280 g/mol. The highest BCUT2D eigenvalue weighted by molar-refractivity contribution is 5.97. The first-order valence-corrected chi connectivity index (χ1v) is 6.53. The second kappa shape index (κ2) is 5.90. The minimum Gasteiger partial charge on any atom is -0.507 e. The van der Waals surface area contributed by atoms with Gasteiger partial charge >= 0.3 is 0 Å². The molecular weight excluding hydrogens is 263 g/mol. The highest BCUT2D eigenvalue weighted by Crippen LogP contribution is 2.25. The molecule has 5 nitrogen and oxygen atoms in total. The molecule has 20 heavy (non-hydrogen) atoms. The predicted octanol–water partition coefficient (Wildman–Crippen LogP) is 1.13. The molecule has 108 valence electrons. The van der Waals surface area contributed by atoms with Crippen molar-refractivity contribution in [3.8, 4) is 5.75 Å². The summed E-state index contributed by atoms with van der Waals surface area (Å²) in [6.07, 6.45) is 1.08. The van der Waals surface area contributed by atoms with Gasteiger partial charge in [0.05, 0.1) is 0 Å². The van der Waals surface area contributed by atoms with Crippen molar-refractivity contribution in [1.29, 1.82) is 0 Å². The molecule has 1 aromatic carbocycles. The van der Waals surface area contributed by atoms with Crippen LogP contribution in [0.1, 0.15) is 23.2 Å². The first-order chi connectivity index (χ1) is 9.54. The number of phenolic OH excluding ortho intramolecular Hbond substituents is 1. The summed E-state index contributed by atoms with van der Waals surface area (Å²) in [6.45, 7) is 0.759. The molecule has 1 aliphatic heterocycles. The molecule has 0 radical (unpaired) electrons. The number of phenols is 1. The number of rotatable bonds is 2. The van der Waals surface area contributed by atoms with Crippen LogP contribution in [-0.4, -0.2) is 42.0 Å². The fraction of sp³-hybridized carbons (Fsp3) is 0.429. The Morgan fingerprint density at radius 3 is 2.55 bits per heavy atom. The molecule has 0 saturated carbocycles. The fourth-order valence-corrected chi connectivity index (χ4v) is 2.43. The van der Waals surface area contributed by atoms with Crippen molar-refractivity contribution in [2.75, 3.05) is 20.1 Å². The normalized spacial score (nSPS) is 16.0. The number of piperidine rings is 1. The lowest BCUT2D eigenvalue weighted by molar-refractivity contribution is -0.125. The Kier molecular flexibility index (Phi) is 4.22. The number of hydrogen-bond donors (Lipinski definition) is 2. The molecule has 1 aliphatic rings. The van der Waals surface area contributed by atoms with Gasteiger partial charge in [0, 0.05) is 26.1 Å². The summed E-state index contributed by atoms with van der Waals surface area (Å²) in [4.78, 5) is 25.2. The summed E-state index contributed by atoms with van der Waals surface area (Å²) < 4.78 is 13.6. The number of aromatic hydroxyl groups is 1. The largest absolute Gasteiger partial charge is 0.507 e. The van der Waals surface area contributed by atoms with Crippen LogP contribution in [0.25, 0.3) is 0 Å². The van der Waals surface area contributed by atoms with Crippen molar-refractivity contribution >= 4 is 11.8 Å². The van der Waals surface area contributed by atoms with Crippen LogP contribution in [0.4, 0.5) is 4.39 Å². The molecule has 1 aromatic rings. The number of benzene rings is 1. The van der Waals surface area contributed by atoms with Crippen LogP contribution < -0.4 is 5.32 Å². The summed E-state index contributed by atoms with van der Waals surface area (Å²) in [5, 5.41) is 12.2. The lowest BCUT2D eigenvalue weighted by Gasteiger charge is -2.31. The average Bonchev–Trinajstić information content (AvgIpc) is 2.46. The van der Waals surface area contributed by atoms with Crippen LogP contribution in [-0.2, 0) is 4.79 Å². The van der Waals surface area contributed by atoms with Gasteiger partial charge in [-0.15, -0.1) is 0 Å². The average molecular weight is 280 g/mol. The van der Waals surface area contributed by atoms with Crippen LogP contribution in [0.5, 0.6) is 5.75 Å². The third-order valence-electron chi connectivity index (χ3n) is 3.60. The minimum absolute atomic E-state index is 0.0363. The van der Waals surface area contributed by atoms with Crippen LogP contribution in [0.2, 0.25) is 0 Å². The Morgan fingerprint density at radius 2 is 2.00 bits per heavy atom. The highest BCUT2D eigenvalue weighted by atomic mass is 19.1. The summed E-state index contributed by atoms with van der Waals surface area (Å²) in [5.74, 6) is -1.77. The van der Waals surface area contributed by atoms with Crippen molar-refractivity contribution in [3.05, 3.63) is 29.6 Å². The van der Waals surface area contributed by atoms with Crippen LogP contribution in [0.15, 0.2) is 18.2 Å². The van der Waals surface area contributed by atoms with E-state index in [4.69, 9.17) is 0 Å². The molecular formula is C14H17FN2O3. The smallest absolute Gasteiger partial charge is 0.260 e. The predicted molar refractivity (Wildman–Crippen MR) is 70.8 cm³/mol. The van der Waals surface area contributed by atoms with E-state index in [0.29, 0.717) is 25.9 Å². The lowest BCUT2D eigenvalue weighted by Crippen LogP contribution is -2.42. The second-order valence-electron chi connectivity index (χ2n) is 4.81. The minimum atomic E-state index is -0.733. The molecule has 1 heterocycles. The molecule has 0 atom stereocenters. The summed E-state index contributed by atoms with van der Waals surface area (Å²) in [7, 11) is 1.58. The number of nitrogens with one attached hydrogen (secondary N) is 1. The van der Waals surface area contributed by atoms with Gasteiger partial charge in [-0.1, -0.05) is 6.07 Å². The Labute approximate surface area is 116 Å². The number of hydrogen-bond acceptors (Lipinski definition) is 3. The van der Waals surface area contributed by atoms with Gasteiger partial charge in [-0.05, 0) is 25.0 Å². The first kappa shape index (κ1) is 14.3. The maximum Gasteiger partial charge on any atom is 0.260 e. The molecule has 2 N–H and O–H groups in total. The van der Waals surface area contributed by atoms with E-state index in [1.807, 2.05) is 0 Å². The highest BCUT2D eigenvalue weighted by Gasteiger charge is 2.29. The van der Waals surface area contributed by atoms with E-state index in [2.05, 4.69) is 5.32 Å². The zero-order chi connectivity index (χ0) is 14.7. The SMILES string of the molecule is CNC(=O)C1CCN(C(=O)c2c(O)cccc2F)CC1. The topological polar surface area (TPSA) is 69.6 Å². The van der Waals surface area contributed by atoms with Gasteiger partial charge in [0.1, 0.15) is 17.1 Å². The number of likely N-dealkylation sites (tertiary alicyclic amines) is 1. The van der Waals surface area contributed by atoms with Gasteiger partial charge in [0.2, 0.25) is 5.91 Å². The molecule has 0 bridgehead atoms. The Bertz CT molecular complexity index is 505. The standard InChI is InChI=1S/C14H17FN2O3/c1-16-13(19)9-5-7-17(8-6-9)14(20)12-10(15)3-2-4-11(12)18/h2-4,9,18H,5-8H2,1H3,(H,16,19). The number of amides is 2. The summed E-state index contributed by atoms with van der Waals surface area (Å²) in [6, 6.07) is 3.77. The van der Waals surface area contributed by atoms with Crippen molar-refractivity contribution in [2.24, 2.45) is 5.92 Å². The third-order valence-corrected chi connectivity index (χ3v) is 3.60. The Balaban J connectivity index is 2.07. The number of nitrogens with zero attached hydrogens (tertiary/aromatic N) is 1. The molecule has 0 unspecified atom stereocenters. The van der Waals surface area contributed by atoms with E-state index in [1.165, 1.54) is 17.0 Å². The molecule has 2 rings (SSSR count). The number of halogens is 1. The maximum absolute atomic E-state index is 13.6. The quantitative estimate of drug-likeness (QED) is 0.853. The molecule has 0 aliphatic carbocycles. The second-order valence-corrected chi connectivity index (χ2v) is 4.81. The molecule has 1 saturated heterocycles. The molecule has 0 spiro atoms. The van der Waals surface area contributed by atoms with E-state index in [0.717, 1.165) is 6.07 Å². The lowest BCUT2D eigenvalue weighted by atomic mass is 9.95. The van der Waals surface area contributed by atoms with Crippen LogP contribution in [0, 0.1) is 11.7 Å². The van der Waals surface area contributed by atoms with Crippen molar-refractivity contribution in [1.82, 2.24) is 10.2 Å². The van der Waals surface area contributed by atoms with Gasteiger partial charge < -0.3 is 15.3 Å². The van der Waals surface area contributed by atoms with Gasteiger partial charge in [0.25, 0.3) is 5.91 Å². The fourth-order valence-electron chi connectivity index (χ4n) is 2.43. The van der Waals surface area contributed by atoms with Gasteiger partial charge in [-0.3, -0.25) is 9.59 Å². The molecule has 6 heteroatoms. The Morgan fingerprint density at radius 1 is 1.35 bits per heavy atom. The zero-order valence-corrected chi connectivity index (χ0v) is 11.2. The van der Waals surface area contributed by atoms with Gasteiger partial charge in [-0.2, -0.15) is 0 Å². The third kappa shape index (κ3) is 2.74. The van der Waals surface area contributed by atoms with Crippen molar-refractivity contribution in [3.63, 3.8) is 0 Å². The van der Waals surface area contributed by atoms with E-state index in [9.17, 15) is 19.1 Å². The van der Waals surface area contributed by atoms with E-state index >= 15 is 0 Å². The zero-order valence-electron chi connectivity index (χ0n) is 11.2. The van der Waals surface area contributed by atoms with Crippen LogP contribution >= 0.6 is 0 Å². The van der Waals surface area contributed by atoms with E-state index in [1.54, 1.807) is 7.05 Å². The molecule has 1 fully saturated rings. The first-order valence-electron chi connectivity index (χ1n) is 6.53. The van der Waals surface area contributed by atoms with Gasteiger partial charge in [0.15, 0.2) is 0 Å².